The fourth-order valence-corrected chi connectivity index (χ4v) is 3.71. The summed E-state index contributed by atoms with van der Waals surface area (Å²) in [5.74, 6) is -2.78. The number of hydrogen-bond acceptors (Lipinski definition) is 2. The Balaban J connectivity index is 2.54. The number of nitrogens with one attached hydrogen (secondary N) is 1. The zero-order chi connectivity index (χ0) is 14.9. The maximum atomic E-state index is 13.9. The maximum Gasteiger partial charge on any atom is 0.134 e. The Hall–Kier alpha value is -0.560. The number of benzene rings is 1. The van der Waals surface area contributed by atoms with E-state index in [0.29, 0.717) is 32.4 Å². The first-order chi connectivity index (χ1) is 9.43. The highest BCUT2D eigenvalue weighted by molar-refractivity contribution is 9.10. The standard InChI is InChI=1S/C13H10BrClF3NS/c1-2-19-12(10-5-7(14)13(15)20-10)11-8(17)3-6(16)4-9(11)18/h3-5,12,19H,2H2,1H3. The molecule has 108 valence electrons. The highest BCUT2D eigenvalue weighted by atomic mass is 79.9. The van der Waals surface area contributed by atoms with Crippen molar-refractivity contribution in [1.29, 1.82) is 0 Å². The lowest BCUT2D eigenvalue weighted by Gasteiger charge is -2.18. The minimum absolute atomic E-state index is 0.210. The largest absolute Gasteiger partial charge is 0.306 e. The number of halogens is 5. The normalized spacial score (nSPS) is 12.7. The average molecular weight is 385 g/mol. The van der Waals surface area contributed by atoms with E-state index in [1.165, 1.54) is 11.3 Å². The summed E-state index contributed by atoms with van der Waals surface area (Å²) in [7, 11) is 0. The molecule has 1 unspecified atom stereocenters. The van der Waals surface area contributed by atoms with Gasteiger partial charge in [-0.3, -0.25) is 0 Å². The van der Waals surface area contributed by atoms with Crippen molar-refractivity contribution in [2.45, 2.75) is 13.0 Å². The van der Waals surface area contributed by atoms with E-state index >= 15 is 0 Å². The van der Waals surface area contributed by atoms with E-state index in [2.05, 4.69) is 21.2 Å². The highest BCUT2D eigenvalue weighted by Crippen LogP contribution is 2.38. The SMILES string of the molecule is CCNC(c1cc(Br)c(Cl)s1)c1c(F)cc(F)cc1F. The summed E-state index contributed by atoms with van der Waals surface area (Å²) < 4.78 is 42.0. The molecule has 2 aromatic rings. The van der Waals surface area contributed by atoms with E-state index < -0.39 is 23.5 Å². The quantitative estimate of drug-likeness (QED) is 0.756. The van der Waals surface area contributed by atoms with Gasteiger partial charge in [0.25, 0.3) is 0 Å². The molecule has 1 heterocycles. The van der Waals surface area contributed by atoms with Crippen LogP contribution in [0.1, 0.15) is 23.4 Å². The number of thiophene rings is 1. The first-order valence-electron chi connectivity index (χ1n) is 5.76. The molecule has 20 heavy (non-hydrogen) atoms. The van der Waals surface area contributed by atoms with Crippen LogP contribution in [0, 0.1) is 17.5 Å². The molecule has 0 aliphatic heterocycles. The van der Waals surface area contributed by atoms with Crippen molar-refractivity contribution in [3.63, 3.8) is 0 Å². The van der Waals surface area contributed by atoms with Gasteiger partial charge in [-0.15, -0.1) is 11.3 Å². The van der Waals surface area contributed by atoms with Crippen molar-refractivity contribution in [1.82, 2.24) is 5.32 Å². The second-order valence-electron chi connectivity index (χ2n) is 4.04. The van der Waals surface area contributed by atoms with Crippen LogP contribution >= 0.6 is 38.9 Å². The molecule has 0 amide bonds. The molecule has 1 nitrogen and oxygen atoms in total. The predicted molar refractivity (Wildman–Crippen MR) is 78.9 cm³/mol. The topological polar surface area (TPSA) is 12.0 Å². The van der Waals surface area contributed by atoms with E-state index in [1.54, 1.807) is 6.07 Å². The molecule has 1 N–H and O–H groups in total. The third kappa shape index (κ3) is 3.19. The van der Waals surface area contributed by atoms with Crippen LogP contribution in [0.2, 0.25) is 4.34 Å². The molecule has 0 bridgehead atoms. The molecule has 1 atom stereocenters. The monoisotopic (exact) mass is 383 g/mol. The Morgan fingerprint density at radius 3 is 2.30 bits per heavy atom. The maximum absolute atomic E-state index is 13.9. The van der Waals surface area contributed by atoms with Crippen LogP contribution in [0.5, 0.6) is 0 Å². The van der Waals surface area contributed by atoms with Gasteiger partial charge >= 0.3 is 0 Å². The van der Waals surface area contributed by atoms with Crippen LogP contribution < -0.4 is 5.32 Å². The lowest BCUT2D eigenvalue weighted by atomic mass is 10.0. The lowest BCUT2D eigenvalue weighted by molar-refractivity contribution is 0.494. The van der Waals surface area contributed by atoms with E-state index in [0.717, 1.165) is 0 Å². The Morgan fingerprint density at radius 1 is 1.25 bits per heavy atom. The van der Waals surface area contributed by atoms with Crippen LogP contribution in [0.25, 0.3) is 0 Å². The molecule has 0 saturated carbocycles. The van der Waals surface area contributed by atoms with Gasteiger partial charge in [-0.2, -0.15) is 0 Å². The average Bonchev–Trinajstić information content (AvgIpc) is 2.67. The summed E-state index contributed by atoms with van der Waals surface area (Å²) in [5, 5.41) is 2.99. The van der Waals surface area contributed by atoms with Crippen LogP contribution in [-0.2, 0) is 0 Å². The van der Waals surface area contributed by atoms with Gasteiger partial charge in [0.1, 0.15) is 21.8 Å². The Labute approximate surface area is 131 Å². The molecular formula is C13H10BrClF3NS. The minimum Gasteiger partial charge on any atom is -0.306 e. The van der Waals surface area contributed by atoms with Gasteiger partial charge in [-0.1, -0.05) is 18.5 Å². The molecule has 7 heteroatoms. The Kier molecular flexibility index (Phi) is 5.12. The first kappa shape index (κ1) is 15.8. The second-order valence-corrected chi connectivity index (χ2v) is 6.58. The van der Waals surface area contributed by atoms with E-state index in [1.807, 2.05) is 6.92 Å². The molecule has 0 aliphatic carbocycles. The zero-order valence-corrected chi connectivity index (χ0v) is 13.5. The van der Waals surface area contributed by atoms with Gasteiger partial charge < -0.3 is 5.32 Å². The van der Waals surface area contributed by atoms with Crippen LogP contribution in [0.15, 0.2) is 22.7 Å². The van der Waals surface area contributed by atoms with Crippen molar-refractivity contribution < 1.29 is 13.2 Å². The molecule has 0 aliphatic rings. The summed E-state index contributed by atoms with van der Waals surface area (Å²) in [4.78, 5) is 0.646. The molecule has 0 fully saturated rings. The predicted octanol–water partition coefficient (Wildman–Crippen LogP) is 5.28. The number of hydrogen-bond donors (Lipinski definition) is 1. The third-order valence-corrected chi connectivity index (χ3v) is 5.23. The summed E-state index contributed by atoms with van der Waals surface area (Å²) in [5.41, 5.74) is -0.210. The first-order valence-corrected chi connectivity index (χ1v) is 7.75. The van der Waals surface area contributed by atoms with Gasteiger partial charge in [0.05, 0.1) is 6.04 Å². The molecule has 0 spiro atoms. The summed E-state index contributed by atoms with van der Waals surface area (Å²) in [6.07, 6.45) is 0. The van der Waals surface area contributed by atoms with Gasteiger partial charge in [0.15, 0.2) is 0 Å². The summed E-state index contributed by atoms with van der Waals surface area (Å²) >= 11 is 10.4. The van der Waals surface area contributed by atoms with Crippen LogP contribution in [-0.4, -0.2) is 6.54 Å². The summed E-state index contributed by atoms with van der Waals surface area (Å²) in [6, 6.07) is 2.33. The lowest BCUT2D eigenvalue weighted by Crippen LogP contribution is -2.23. The minimum atomic E-state index is -0.940. The smallest absolute Gasteiger partial charge is 0.134 e. The molecule has 2 rings (SSSR count). The summed E-state index contributed by atoms with van der Waals surface area (Å²) in [6.45, 7) is 2.31. The van der Waals surface area contributed by atoms with E-state index in [9.17, 15) is 13.2 Å². The fraction of sp³-hybridized carbons (Fsp3) is 0.231. The van der Waals surface area contributed by atoms with E-state index in [-0.39, 0.29) is 5.56 Å². The van der Waals surface area contributed by atoms with E-state index in [4.69, 9.17) is 11.6 Å². The fourth-order valence-electron chi connectivity index (χ4n) is 1.88. The van der Waals surface area contributed by atoms with Crippen LogP contribution in [0.3, 0.4) is 0 Å². The van der Waals surface area contributed by atoms with Crippen molar-refractivity contribution >= 4 is 38.9 Å². The zero-order valence-electron chi connectivity index (χ0n) is 10.3. The second kappa shape index (κ2) is 6.47. The number of rotatable bonds is 4. The molecule has 0 radical (unpaired) electrons. The molecule has 1 aromatic heterocycles. The van der Waals surface area contributed by atoms with Gasteiger partial charge in [-0.05, 0) is 28.5 Å². The van der Waals surface area contributed by atoms with Gasteiger partial charge in [0.2, 0.25) is 0 Å². The van der Waals surface area contributed by atoms with Gasteiger partial charge in [-0.25, -0.2) is 13.2 Å². The van der Waals surface area contributed by atoms with Gasteiger partial charge in [0, 0.05) is 27.0 Å². The van der Waals surface area contributed by atoms with Crippen LogP contribution in [0.4, 0.5) is 13.2 Å². The van der Waals surface area contributed by atoms with Crippen molar-refractivity contribution in [3.05, 3.63) is 54.9 Å². The highest BCUT2D eigenvalue weighted by Gasteiger charge is 2.24. The van der Waals surface area contributed by atoms with Crippen molar-refractivity contribution in [2.24, 2.45) is 0 Å². The molecule has 1 aromatic carbocycles. The van der Waals surface area contributed by atoms with Crippen molar-refractivity contribution in [3.8, 4) is 0 Å². The third-order valence-electron chi connectivity index (χ3n) is 2.69. The Morgan fingerprint density at radius 2 is 1.85 bits per heavy atom. The Bertz CT molecular complexity index is 590. The molecular weight excluding hydrogens is 375 g/mol. The molecule has 0 saturated heterocycles. The van der Waals surface area contributed by atoms with Crippen molar-refractivity contribution in [2.75, 3.05) is 6.54 Å².